The third-order valence-electron chi connectivity index (χ3n) is 1.76. The third kappa shape index (κ3) is 8.71. The Bertz CT molecular complexity index is 152. The summed E-state index contributed by atoms with van der Waals surface area (Å²) >= 11 is 8.67. The second-order valence-corrected chi connectivity index (χ2v) is 4.03. The molecular formula is C8H18N2O2S2. The monoisotopic (exact) mass is 238 g/mol. The third-order valence-corrected chi connectivity index (χ3v) is 2.06. The zero-order valence-corrected chi connectivity index (χ0v) is 9.86. The van der Waals surface area contributed by atoms with Crippen LogP contribution in [0, 0.1) is 0 Å². The van der Waals surface area contributed by atoms with Crippen LogP contribution in [0.1, 0.15) is 6.42 Å². The summed E-state index contributed by atoms with van der Waals surface area (Å²) in [4.78, 5) is 2.00. The first-order valence-electron chi connectivity index (χ1n) is 4.61. The van der Waals surface area contributed by atoms with Crippen molar-refractivity contribution in [3.05, 3.63) is 0 Å². The highest BCUT2D eigenvalue weighted by Crippen LogP contribution is 1.90. The fourth-order valence-electron chi connectivity index (χ4n) is 1.12. The Balaban J connectivity index is 3.44. The Morgan fingerprint density at radius 2 is 1.79 bits per heavy atom. The van der Waals surface area contributed by atoms with E-state index in [0.29, 0.717) is 17.4 Å². The molecule has 0 aromatic carbocycles. The predicted octanol–water partition coefficient (Wildman–Crippen LogP) is -0.533. The fourth-order valence-corrected chi connectivity index (χ4v) is 1.33. The molecule has 0 aliphatic heterocycles. The lowest BCUT2D eigenvalue weighted by Gasteiger charge is -2.19. The zero-order valence-electron chi connectivity index (χ0n) is 8.15. The van der Waals surface area contributed by atoms with E-state index in [4.69, 9.17) is 22.4 Å². The first-order valence-corrected chi connectivity index (χ1v) is 5.47. The van der Waals surface area contributed by atoms with Gasteiger partial charge in [0.15, 0.2) is 0 Å². The lowest BCUT2D eigenvalue weighted by Crippen LogP contribution is -2.32. The molecule has 0 amide bonds. The van der Waals surface area contributed by atoms with Gasteiger partial charge in [0.25, 0.3) is 0 Å². The van der Waals surface area contributed by atoms with Gasteiger partial charge in [0.2, 0.25) is 0 Å². The molecule has 0 radical (unpaired) electrons. The van der Waals surface area contributed by atoms with Crippen LogP contribution in [0.25, 0.3) is 0 Å². The average Bonchev–Trinajstić information content (AvgIpc) is 2.12. The van der Waals surface area contributed by atoms with Gasteiger partial charge in [-0.25, -0.2) is 0 Å². The minimum atomic E-state index is 0.123. The highest BCUT2D eigenvalue weighted by molar-refractivity contribution is 8.11. The van der Waals surface area contributed by atoms with Gasteiger partial charge in [-0.05, 0) is 13.0 Å². The van der Waals surface area contributed by atoms with Crippen LogP contribution in [0.3, 0.4) is 0 Å². The van der Waals surface area contributed by atoms with Gasteiger partial charge in [0.05, 0.1) is 13.2 Å². The maximum absolute atomic E-state index is 8.74. The first-order chi connectivity index (χ1) is 6.70. The predicted molar refractivity (Wildman–Crippen MR) is 64.8 cm³/mol. The Labute approximate surface area is 95.7 Å². The summed E-state index contributed by atoms with van der Waals surface area (Å²) in [6, 6.07) is 0. The smallest absolute Gasteiger partial charge is 0.130 e. The standard InChI is InChI=1S/C8H18N2O2S2/c11-6-4-10(5-7-12)3-1-2-9-8(13)14/h11-12H,1-7H2,(H2,9,13,14). The minimum Gasteiger partial charge on any atom is -0.395 e. The molecule has 0 atom stereocenters. The molecule has 0 heterocycles. The molecular weight excluding hydrogens is 220 g/mol. The van der Waals surface area contributed by atoms with Crippen LogP contribution in [0.5, 0.6) is 0 Å². The van der Waals surface area contributed by atoms with E-state index in [-0.39, 0.29) is 13.2 Å². The summed E-state index contributed by atoms with van der Waals surface area (Å²) in [6.07, 6.45) is 0.917. The number of aliphatic hydroxyl groups excluding tert-OH is 2. The van der Waals surface area contributed by atoms with Gasteiger partial charge in [-0.15, -0.1) is 12.6 Å². The van der Waals surface area contributed by atoms with Crippen molar-refractivity contribution in [1.82, 2.24) is 10.2 Å². The number of thiocarbonyl (C=S) groups is 1. The number of hydrogen-bond acceptors (Lipinski definition) is 4. The summed E-state index contributed by atoms with van der Waals surface area (Å²) in [6.45, 7) is 3.06. The van der Waals surface area contributed by atoms with E-state index in [1.54, 1.807) is 0 Å². The molecule has 0 bridgehead atoms. The Morgan fingerprint density at radius 3 is 2.21 bits per heavy atom. The molecule has 6 heteroatoms. The molecule has 3 N–H and O–H groups in total. The van der Waals surface area contributed by atoms with Crippen molar-refractivity contribution in [2.24, 2.45) is 0 Å². The molecule has 0 saturated heterocycles. The SMILES string of the molecule is OCCN(CCO)CCCNC(=S)S. The number of nitrogens with zero attached hydrogens (tertiary/aromatic N) is 1. The van der Waals surface area contributed by atoms with E-state index in [1.165, 1.54) is 0 Å². The van der Waals surface area contributed by atoms with E-state index in [2.05, 4.69) is 17.9 Å². The van der Waals surface area contributed by atoms with Gasteiger partial charge in [0.1, 0.15) is 4.32 Å². The summed E-state index contributed by atoms with van der Waals surface area (Å²) < 4.78 is 0.501. The molecule has 4 nitrogen and oxygen atoms in total. The van der Waals surface area contributed by atoms with Crippen LogP contribution in [0.2, 0.25) is 0 Å². The average molecular weight is 238 g/mol. The van der Waals surface area contributed by atoms with Gasteiger partial charge >= 0.3 is 0 Å². The number of aliphatic hydroxyl groups is 2. The molecule has 0 spiro atoms. The summed E-state index contributed by atoms with van der Waals surface area (Å²) in [5.41, 5.74) is 0. The topological polar surface area (TPSA) is 55.7 Å². The number of rotatable bonds is 8. The molecule has 0 fully saturated rings. The van der Waals surface area contributed by atoms with Gasteiger partial charge < -0.3 is 15.5 Å². The highest BCUT2D eigenvalue weighted by atomic mass is 32.1. The number of thiol groups is 1. The molecule has 84 valence electrons. The molecule has 0 aromatic rings. The zero-order chi connectivity index (χ0) is 10.8. The molecule has 0 aromatic heterocycles. The maximum Gasteiger partial charge on any atom is 0.130 e. The normalized spacial score (nSPS) is 10.6. The van der Waals surface area contributed by atoms with Gasteiger partial charge in [-0.3, -0.25) is 4.90 Å². The molecule has 0 aliphatic rings. The Morgan fingerprint density at radius 1 is 1.21 bits per heavy atom. The first kappa shape index (κ1) is 14.1. The van der Waals surface area contributed by atoms with E-state index in [0.717, 1.165) is 19.5 Å². The molecule has 0 aliphatic carbocycles. The van der Waals surface area contributed by atoms with E-state index in [9.17, 15) is 0 Å². The Kier molecular flexibility index (Phi) is 9.75. The fraction of sp³-hybridized carbons (Fsp3) is 0.875. The quantitative estimate of drug-likeness (QED) is 0.260. The lowest BCUT2D eigenvalue weighted by atomic mass is 10.3. The van der Waals surface area contributed by atoms with Crippen molar-refractivity contribution in [2.75, 3.05) is 39.4 Å². The highest BCUT2D eigenvalue weighted by Gasteiger charge is 2.02. The second-order valence-electron chi connectivity index (χ2n) is 2.87. The summed E-state index contributed by atoms with van der Waals surface area (Å²) in [5, 5.41) is 20.4. The number of hydrogen-bond donors (Lipinski definition) is 4. The van der Waals surface area contributed by atoms with Crippen molar-refractivity contribution in [3.8, 4) is 0 Å². The van der Waals surface area contributed by atoms with Gasteiger partial charge in [-0.2, -0.15) is 0 Å². The summed E-state index contributed by atoms with van der Waals surface area (Å²) in [7, 11) is 0. The van der Waals surface area contributed by atoms with Crippen LogP contribution in [-0.2, 0) is 0 Å². The van der Waals surface area contributed by atoms with Crippen molar-refractivity contribution in [2.45, 2.75) is 6.42 Å². The van der Waals surface area contributed by atoms with Crippen molar-refractivity contribution >= 4 is 29.2 Å². The minimum absolute atomic E-state index is 0.123. The van der Waals surface area contributed by atoms with Gasteiger partial charge in [0, 0.05) is 19.6 Å². The van der Waals surface area contributed by atoms with Crippen LogP contribution < -0.4 is 5.32 Å². The molecule has 0 saturated carbocycles. The van der Waals surface area contributed by atoms with E-state index >= 15 is 0 Å². The Hall–Kier alpha value is 0.120. The number of nitrogens with one attached hydrogen (secondary N) is 1. The van der Waals surface area contributed by atoms with Crippen molar-refractivity contribution in [1.29, 1.82) is 0 Å². The largest absolute Gasteiger partial charge is 0.395 e. The van der Waals surface area contributed by atoms with Crippen LogP contribution in [-0.4, -0.2) is 58.8 Å². The van der Waals surface area contributed by atoms with E-state index in [1.807, 2.05) is 4.90 Å². The summed E-state index contributed by atoms with van der Waals surface area (Å²) in [5.74, 6) is 0. The van der Waals surface area contributed by atoms with E-state index < -0.39 is 0 Å². The molecule has 14 heavy (non-hydrogen) atoms. The van der Waals surface area contributed by atoms with Crippen LogP contribution in [0.15, 0.2) is 0 Å². The second kappa shape index (κ2) is 9.67. The van der Waals surface area contributed by atoms with Crippen molar-refractivity contribution in [3.63, 3.8) is 0 Å². The maximum atomic E-state index is 8.74. The lowest BCUT2D eigenvalue weighted by molar-refractivity contribution is 0.160. The van der Waals surface area contributed by atoms with Crippen molar-refractivity contribution < 1.29 is 10.2 Å². The van der Waals surface area contributed by atoms with Gasteiger partial charge in [-0.1, -0.05) is 12.2 Å². The van der Waals surface area contributed by atoms with Crippen LogP contribution in [0.4, 0.5) is 0 Å². The molecule has 0 unspecified atom stereocenters. The van der Waals surface area contributed by atoms with Crippen LogP contribution >= 0.6 is 24.8 Å². The molecule has 0 rings (SSSR count).